The van der Waals surface area contributed by atoms with Gasteiger partial charge in [0.05, 0.1) is 12.7 Å². The van der Waals surface area contributed by atoms with Gasteiger partial charge in [-0.1, -0.05) is 17.7 Å². The molecule has 0 bridgehead atoms. The van der Waals surface area contributed by atoms with E-state index in [1.807, 2.05) is 57.0 Å². The second kappa shape index (κ2) is 8.49. The third-order valence-corrected chi connectivity index (χ3v) is 3.60. The molecule has 0 fully saturated rings. The molecule has 1 aromatic heterocycles. The van der Waals surface area contributed by atoms with E-state index in [9.17, 15) is 4.79 Å². The number of carbonyl (C=O) groups is 1. The number of likely N-dealkylation sites (N-methyl/N-ethyl adjacent to an activating group) is 1. The Balaban J connectivity index is 1.73. The molecule has 6 nitrogen and oxygen atoms in total. The lowest BCUT2D eigenvalue weighted by Crippen LogP contribution is -2.33. The van der Waals surface area contributed by atoms with Crippen molar-refractivity contribution in [2.24, 2.45) is 0 Å². The molecule has 1 heterocycles. The van der Waals surface area contributed by atoms with E-state index in [1.54, 1.807) is 16.9 Å². The molecule has 0 saturated carbocycles. The molecule has 1 amide bonds. The maximum atomic E-state index is 12.1. The molecule has 0 spiro atoms. The quantitative estimate of drug-likeness (QED) is 0.808. The smallest absolute Gasteiger partial charge is 0.239 e. The normalized spacial score (nSPS) is 11.1. The molecule has 0 aliphatic heterocycles. The number of aryl methyl sites for hydroxylation is 1. The van der Waals surface area contributed by atoms with Crippen LogP contribution in [0.15, 0.2) is 36.5 Å². The summed E-state index contributed by atoms with van der Waals surface area (Å²) in [4.78, 5) is 14.1. The lowest BCUT2D eigenvalue weighted by Gasteiger charge is -2.17. The van der Waals surface area contributed by atoms with Gasteiger partial charge >= 0.3 is 0 Å². The van der Waals surface area contributed by atoms with Gasteiger partial charge in [-0.2, -0.15) is 5.10 Å². The summed E-state index contributed by atoms with van der Waals surface area (Å²) in [5, 5.41) is 7.10. The average Bonchev–Trinajstić information content (AvgIpc) is 2.97. The zero-order valence-electron chi connectivity index (χ0n) is 14.8. The molecular formula is C18H26N4O2. The number of carbonyl (C=O) groups excluding carboxylic acids is 1. The molecule has 1 aromatic carbocycles. The molecule has 2 aromatic rings. The highest BCUT2D eigenvalue weighted by atomic mass is 16.5. The molecule has 6 heteroatoms. The van der Waals surface area contributed by atoms with Crippen molar-refractivity contribution in [3.8, 4) is 5.75 Å². The fraction of sp³-hybridized carbons (Fsp3) is 0.444. The van der Waals surface area contributed by atoms with Gasteiger partial charge in [0.25, 0.3) is 0 Å². The van der Waals surface area contributed by atoms with E-state index >= 15 is 0 Å². The van der Waals surface area contributed by atoms with Crippen LogP contribution in [-0.2, 0) is 4.79 Å². The fourth-order valence-corrected chi connectivity index (χ4v) is 2.29. The highest BCUT2D eigenvalue weighted by Gasteiger charge is 2.11. The first-order valence-corrected chi connectivity index (χ1v) is 8.17. The number of hydrogen-bond acceptors (Lipinski definition) is 4. The minimum Gasteiger partial charge on any atom is -0.492 e. The predicted octanol–water partition coefficient (Wildman–Crippen LogP) is 2.72. The summed E-state index contributed by atoms with van der Waals surface area (Å²) in [5.74, 6) is 1.51. The van der Waals surface area contributed by atoms with Crippen LogP contribution in [0, 0.1) is 6.92 Å². The number of rotatable bonds is 8. The number of benzene rings is 1. The molecule has 0 atom stereocenters. The maximum Gasteiger partial charge on any atom is 0.239 e. The Hall–Kier alpha value is -2.34. The van der Waals surface area contributed by atoms with Crippen molar-refractivity contribution in [1.82, 2.24) is 14.7 Å². The first-order valence-electron chi connectivity index (χ1n) is 8.17. The van der Waals surface area contributed by atoms with E-state index in [2.05, 4.69) is 10.4 Å². The van der Waals surface area contributed by atoms with Crippen molar-refractivity contribution in [2.75, 3.05) is 32.1 Å². The molecule has 24 heavy (non-hydrogen) atoms. The summed E-state index contributed by atoms with van der Waals surface area (Å²) < 4.78 is 7.47. The maximum absolute atomic E-state index is 12.1. The van der Waals surface area contributed by atoms with Gasteiger partial charge in [-0.15, -0.1) is 0 Å². The summed E-state index contributed by atoms with van der Waals surface area (Å²) in [6.07, 6.45) is 1.69. The van der Waals surface area contributed by atoms with Gasteiger partial charge in [0.1, 0.15) is 18.2 Å². The molecule has 0 unspecified atom stereocenters. The largest absolute Gasteiger partial charge is 0.492 e. The zero-order valence-corrected chi connectivity index (χ0v) is 14.8. The third kappa shape index (κ3) is 5.38. The minimum atomic E-state index is -0.0600. The Bertz CT molecular complexity index is 649. The molecule has 2 rings (SSSR count). The van der Waals surface area contributed by atoms with Gasteiger partial charge < -0.3 is 10.1 Å². The van der Waals surface area contributed by atoms with E-state index < -0.39 is 0 Å². The van der Waals surface area contributed by atoms with Crippen LogP contribution in [0.4, 0.5) is 5.82 Å². The zero-order chi connectivity index (χ0) is 17.5. The summed E-state index contributed by atoms with van der Waals surface area (Å²) in [5.41, 5.74) is 1.21. The lowest BCUT2D eigenvalue weighted by atomic mass is 10.2. The fourth-order valence-electron chi connectivity index (χ4n) is 2.29. The Labute approximate surface area is 143 Å². The van der Waals surface area contributed by atoms with Crippen LogP contribution in [0.1, 0.15) is 25.5 Å². The Kier molecular flexibility index (Phi) is 6.37. The summed E-state index contributed by atoms with van der Waals surface area (Å²) >= 11 is 0. The van der Waals surface area contributed by atoms with Crippen molar-refractivity contribution in [2.45, 2.75) is 26.8 Å². The summed E-state index contributed by atoms with van der Waals surface area (Å²) in [7, 11) is 1.90. The Morgan fingerprint density at radius 2 is 2.00 bits per heavy atom. The molecule has 0 aliphatic rings. The highest BCUT2D eigenvalue weighted by Crippen LogP contribution is 2.13. The molecule has 130 valence electrons. The van der Waals surface area contributed by atoms with E-state index in [0.29, 0.717) is 19.7 Å². The van der Waals surface area contributed by atoms with Gasteiger partial charge in [-0.05, 0) is 40.0 Å². The van der Waals surface area contributed by atoms with Gasteiger partial charge in [0.2, 0.25) is 5.91 Å². The number of amides is 1. The van der Waals surface area contributed by atoms with Crippen molar-refractivity contribution < 1.29 is 9.53 Å². The van der Waals surface area contributed by atoms with Crippen LogP contribution in [0.5, 0.6) is 5.75 Å². The van der Waals surface area contributed by atoms with Crippen LogP contribution in [0.2, 0.25) is 0 Å². The number of aromatic nitrogens is 2. The van der Waals surface area contributed by atoms with Crippen molar-refractivity contribution >= 4 is 11.7 Å². The van der Waals surface area contributed by atoms with Gasteiger partial charge in [0.15, 0.2) is 0 Å². The monoisotopic (exact) mass is 330 g/mol. The first-order chi connectivity index (χ1) is 11.5. The van der Waals surface area contributed by atoms with E-state index in [1.165, 1.54) is 5.56 Å². The van der Waals surface area contributed by atoms with E-state index in [4.69, 9.17) is 4.74 Å². The molecule has 1 N–H and O–H groups in total. The minimum absolute atomic E-state index is 0.0600. The van der Waals surface area contributed by atoms with Gasteiger partial charge in [-0.3, -0.25) is 9.69 Å². The standard InChI is InChI=1S/C18H26N4O2/c1-14(2)22-17(9-10-19-22)20-18(23)13-21(4)11-12-24-16-7-5-15(3)6-8-16/h5-10,14H,11-13H2,1-4H3,(H,20,23). The summed E-state index contributed by atoms with van der Waals surface area (Å²) in [6, 6.07) is 9.95. The number of nitrogens with zero attached hydrogens (tertiary/aromatic N) is 3. The number of nitrogens with one attached hydrogen (secondary N) is 1. The highest BCUT2D eigenvalue weighted by molar-refractivity contribution is 5.91. The van der Waals surface area contributed by atoms with Crippen molar-refractivity contribution in [1.29, 1.82) is 0 Å². The Morgan fingerprint density at radius 3 is 2.67 bits per heavy atom. The van der Waals surface area contributed by atoms with Crippen LogP contribution in [0.3, 0.4) is 0 Å². The van der Waals surface area contributed by atoms with Crippen molar-refractivity contribution in [3.05, 3.63) is 42.1 Å². The van der Waals surface area contributed by atoms with Gasteiger partial charge in [0, 0.05) is 18.7 Å². The molecule has 0 saturated heterocycles. The van der Waals surface area contributed by atoms with Crippen LogP contribution < -0.4 is 10.1 Å². The SMILES string of the molecule is Cc1ccc(OCCN(C)CC(=O)Nc2ccnn2C(C)C)cc1. The number of hydrogen-bond donors (Lipinski definition) is 1. The second-order valence-corrected chi connectivity index (χ2v) is 6.20. The molecular weight excluding hydrogens is 304 g/mol. The molecule has 0 aliphatic carbocycles. The topological polar surface area (TPSA) is 59.4 Å². The molecule has 0 radical (unpaired) electrons. The van der Waals surface area contributed by atoms with Gasteiger partial charge in [-0.25, -0.2) is 4.68 Å². The predicted molar refractivity (Wildman–Crippen MR) is 95.4 cm³/mol. The summed E-state index contributed by atoms with van der Waals surface area (Å²) in [6.45, 7) is 7.61. The lowest BCUT2D eigenvalue weighted by molar-refractivity contribution is -0.117. The van der Waals surface area contributed by atoms with Crippen LogP contribution >= 0.6 is 0 Å². The Morgan fingerprint density at radius 1 is 1.29 bits per heavy atom. The van der Waals surface area contributed by atoms with E-state index in [-0.39, 0.29) is 11.9 Å². The van der Waals surface area contributed by atoms with Crippen LogP contribution in [0.25, 0.3) is 0 Å². The third-order valence-electron chi connectivity index (χ3n) is 3.60. The van der Waals surface area contributed by atoms with Crippen molar-refractivity contribution in [3.63, 3.8) is 0 Å². The van der Waals surface area contributed by atoms with E-state index in [0.717, 1.165) is 11.6 Å². The first kappa shape index (κ1) is 18.0. The average molecular weight is 330 g/mol. The second-order valence-electron chi connectivity index (χ2n) is 6.20. The van der Waals surface area contributed by atoms with Crippen LogP contribution in [-0.4, -0.2) is 47.3 Å². The number of anilines is 1. The number of ether oxygens (including phenoxy) is 1.